The monoisotopic (exact) mass is 199 g/mol. The highest BCUT2D eigenvalue weighted by molar-refractivity contribution is 6.01. The Balaban J connectivity index is 2.49. The van der Waals surface area contributed by atoms with Gasteiger partial charge in [0.25, 0.3) is 5.91 Å². The Kier molecular flexibility index (Phi) is 3.06. The minimum Gasteiger partial charge on any atom is -0.342 e. The average Bonchev–Trinajstić information content (AvgIpc) is 2.09. The molecule has 1 aliphatic rings. The van der Waals surface area contributed by atoms with Crippen LogP contribution >= 0.6 is 0 Å². The van der Waals surface area contributed by atoms with Crippen molar-refractivity contribution < 1.29 is 14.4 Å². The van der Waals surface area contributed by atoms with Gasteiger partial charge in [-0.15, -0.1) is 0 Å². The lowest BCUT2D eigenvalue weighted by Crippen LogP contribution is -2.61. The first-order valence-corrected chi connectivity index (χ1v) is 4.39. The van der Waals surface area contributed by atoms with Crippen molar-refractivity contribution in [3.63, 3.8) is 0 Å². The van der Waals surface area contributed by atoms with E-state index in [-0.39, 0.29) is 18.4 Å². The molecule has 0 bridgehead atoms. The molecule has 78 valence electrons. The smallest absolute Gasteiger partial charge is 0.321 e. The number of amides is 4. The molecule has 0 spiro atoms. The first-order valence-electron chi connectivity index (χ1n) is 4.39. The lowest BCUT2D eigenvalue weighted by atomic mass is 10.1. The number of carbonyl (C=O) groups is 3. The van der Waals surface area contributed by atoms with Crippen molar-refractivity contribution in [2.24, 2.45) is 5.92 Å². The maximum atomic E-state index is 11.2. The molecule has 6 nitrogen and oxygen atoms in total. The van der Waals surface area contributed by atoms with Crippen LogP contribution < -0.4 is 16.0 Å². The average molecular weight is 199 g/mol. The number of hydrogen-bond donors (Lipinski definition) is 3. The molecule has 0 radical (unpaired) electrons. The Labute approximate surface area is 81.4 Å². The van der Waals surface area contributed by atoms with Crippen molar-refractivity contribution in [2.75, 3.05) is 6.54 Å². The molecule has 1 rings (SSSR count). The third-order valence-corrected chi connectivity index (χ3v) is 1.86. The van der Waals surface area contributed by atoms with E-state index in [1.54, 1.807) is 13.8 Å². The van der Waals surface area contributed by atoms with Gasteiger partial charge in [-0.25, -0.2) is 4.79 Å². The van der Waals surface area contributed by atoms with Crippen LogP contribution in [0.15, 0.2) is 0 Å². The van der Waals surface area contributed by atoms with Crippen molar-refractivity contribution in [1.29, 1.82) is 0 Å². The molecule has 0 aromatic carbocycles. The van der Waals surface area contributed by atoms with Crippen LogP contribution in [0, 0.1) is 5.92 Å². The van der Waals surface area contributed by atoms with Gasteiger partial charge in [0.15, 0.2) is 0 Å². The summed E-state index contributed by atoms with van der Waals surface area (Å²) in [6.45, 7) is 3.60. The topological polar surface area (TPSA) is 87.3 Å². The Morgan fingerprint density at radius 2 is 2.14 bits per heavy atom. The number of nitrogens with one attached hydrogen (secondary N) is 3. The molecule has 1 unspecified atom stereocenters. The van der Waals surface area contributed by atoms with E-state index in [0.717, 1.165) is 0 Å². The number of rotatable bonds is 2. The molecule has 1 atom stereocenters. The van der Waals surface area contributed by atoms with Gasteiger partial charge in [0.1, 0.15) is 6.04 Å². The van der Waals surface area contributed by atoms with Crippen LogP contribution in [0.25, 0.3) is 0 Å². The zero-order valence-corrected chi connectivity index (χ0v) is 8.09. The van der Waals surface area contributed by atoms with Crippen molar-refractivity contribution in [3.8, 4) is 0 Å². The van der Waals surface area contributed by atoms with Crippen LogP contribution in [0.1, 0.15) is 13.8 Å². The van der Waals surface area contributed by atoms with Gasteiger partial charge in [0, 0.05) is 12.5 Å². The van der Waals surface area contributed by atoms with Crippen LogP contribution in [0.3, 0.4) is 0 Å². The number of imide groups is 1. The number of carbonyl (C=O) groups excluding carboxylic acids is 3. The normalized spacial score (nSPS) is 21.5. The van der Waals surface area contributed by atoms with Crippen LogP contribution in [0.5, 0.6) is 0 Å². The minimum absolute atomic E-state index is 0.142. The van der Waals surface area contributed by atoms with Crippen molar-refractivity contribution in [2.45, 2.75) is 19.9 Å². The SMILES string of the molecule is CC(C)C(=O)NC1CNC(=O)NC1=O. The highest BCUT2D eigenvalue weighted by Gasteiger charge is 2.27. The van der Waals surface area contributed by atoms with E-state index in [0.29, 0.717) is 0 Å². The van der Waals surface area contributed by atoms with E-state index in [1.165, 1.54) is 0 Å². The highest BCUT2D eigenvalue weighted by atomic mass is 16.2. The fraction of sp³-hybridized carbons (Fsp3) is 0.625. The van der Waals surface area contributed by atoms with Gasteiger partial charge in [-0.1, -0.05) is 13.8 Å². The van der Waals surface area contributed by atoms with Gasteiger partial charge in [-0.05, 0) is 0 Å². The molecule has 1 fully saturated rings. The molecule has 1 aliphatic heterocycles. The second kappa shape index (κ2) is 4.08. The molecule has 1 heterocycles. The van der Waals surface area contributed by atoms with Gasteiger partial charge in [-0.2, -0.15) is 0 Å². The fourth-order valence-electron chi connectivity index (χ4n) is 0.986. The zero-order valence-electron chi connectivity index (χ0n) is 8.09. The summed E-state index contributed by atoms with van der Waals surface area (Å²) in [6, 6.07) is -1.19. The van der Waals surface area contributed by atoms with Gasteiger partial charge < -0.3 is 10.6 Å². The Hall–Kier alpha value is -1.59. The third-order valence-electron chi connectivity index (χ3n) is 1.86. The van der Waals surface area contributed by atoms with Gasteiger partial charge in [-0.3, -0.25) is 14.9 Å². The summed E-state index contributed by atoms with van der Waals surface area (Å²) in [5.41, 5.74) is 0. The Morgan fingerprint density at radius 3 is 2.64 bits per heavy atom. The third kappa shape index (κ3) is 2.45. The predicted molar refractivity (Wildman–Crippen MR) is 48.3 cm³/mol. The summed E-state index contributed by atoms with van der Waals surface area (Å²) in [5.74, 6) is -0.857. The van der Waals surface area contributed by atoms with E-state index in [2.05, 4.69) is 16.0 Å². The first kappa shape index (κ1) is 10.5. The van der Waals surface area contributed by atoms with Gasteiger partial charge in [0.2, 0.25) is 5.91 Å². The van der Waals surface area contributed by atoms with Crippen LogP contribution in [-0.4, -0.2) is 30.4 Å². The molecule has 0 aromatic heterocycles. The Morgan fingerprint density at radius 1 is 1.50 bits per heavy atom. The molecule has 0 aromatic rings. The highest BCUT2D eigenvalue weighted by Crippen LogP contribution is 1.95. The molecule has 4 amide bonds. The Bertz CT molecular complexity index is 275. The maximum absolute atomic E-state index is 11.2. The summed E-state index contributed by atoms with van der Waals surface area (Å²) in [7, 11) is 0. The molecule has 3 N–H and O–H groups in total. The fourth-order valence-corrected chi connectivity index (χ4v) is 0.986. The number of urea groups is 1. The summed E-state index contributed by atoms with van der Waals surface area (Å²) in [4.78, 5) is 33.1. The van der Waals surface area contributed by atoms with E-state index < -0.39 is 18.0 Å². The second-order valence-electron chi connectivity index (χ2n) is 3.42. The largest absolute Gasteiger partial charge is 0.342 e. The lowest BCUT2D eigenvalue weighted by Gasteiger charge is -2.23. The van der Waals surface area contributed by atoms with Gasteiger partial charge in [0.05, 0.1) is 0 Å². The molecule has 0 saturated carbocycles. The standard InChI is InChI=1S/C8H13N3O3/c1-4(2)6(12)10-5-3-9-8(14)11-7(5)13/h4-5H,3H2,1-2H3,(H,10,12)(H2,9,11,13,14). The van der Waals surface area contributed by atoms with E-state index >= 15 is 0 Å². The van der Waals surface area contributed by atoms with E-state index in [9.17, 15) is 14.4 Å². The predicted octanol–water partition coefficient (Wildman–Crippen LogP) is -1.03. The summed E-state index contributed by atoms with van der Waals surface area (Å²) >= 11 is 0. The van der Waals surface area contributed by atoms with Crippen LogP contribution in [-0.2, 0) is 9.59 Å². The second-order valence-corrected chi connectivity index (χ2v) is 3.42. The van der Waals surface area contributed by atoms with Crippen molar-refractivity contribution in [1.82, 2.24) is 16.0 Å². The maximum Gasteiger partial charge on any atom is 0.321 e. The van der Waals surface area contributed by atoms with Gasteiger partial charge >= 0.3 is 6.03 Å². The molecular formula is C8H13N3O3. The van der Waals surface area contributed by atoms with Crippen LogP contribution in [0.4, 0.5) is 4.79 Å². The first-order chi connectivity index (χ1) is 6.50. The molecular weight excluding hydrogens is 186 g/mol. The van der Waals surface area contributed by atoms with Crippen LogP contribution in [0.2, 0.25) is 0 Å². The molecule has 14 heavy (non-hydrogen) atoms. The summed E-state index contributed by atoms with van der Waals surface area (Å²) in [5, 5.41) is 7.01. The quantitative estimate of drug-likeness (QED) is 0.531. The van der Waals surface area contributed by atoms with Crippen molar-refractivity contribution in [3.05, 3.63) is 0 Å². The summed E-state index contributed by atoms with van der Waals surface area (Å²) < 4.78 is 0. The molecule has 6 heteroatoms. The minimum atomic E-state index is -0.664. The number of hydrogen-bond acceptors (Lipinski definition) is 3. The molecule has 0 aliphatic carbocycles. The lowest BCUT2D eigenvalue weighted by molar-refractivity contribution is -0.130. The van der Waals surface area contributed by atoms with E-state index in [4.69, 9.17) is 0 Å². The van der Waals surface area contributed by atoms with E-state index in [1.807, 2.05) is 0 Å². The van der Waals surface area contributed by atoms with Crippen molar-refractivity contribution >= 4 is 17.8 Å². The summed E-state index contributed by atoms with van der Waals surface area (Å²) in [6.07, 6.45) is 0. The zero-order chi connectivity index (χ0) is 10.7. The molecule has 1 saturated heterocycles.